The van der Waals surface area contributed by atoms with Crippen LogP contribution in [0.3, 0.4) is 0 Å². The first-order valence-electron chi connectivity index (χ1n) is 14.0. The Hall–Kier alpha value is -6.52. The second-order valence-electron chi connectivity index (χ2n) is 10.2. The molecule has 0 atom stereocenters. The number of phenolic OH excluding ortho intramolecular Hbond substituents is 4. The van der Waals surface area contributed by atoms with Crippen LogP contribution in [-0.4, -0.2) is 43.2 Å². The van der Waals surface area contributed by atoms with Gasteiger partial charge in [0.05, 0.1) is 22.0 Å². The fourth-order valence-corrected chi connectivity index (χ4v) is 5.30. The Bertz CT molecular complexity index is 2500. The Morgan fingerprint density at radius 3 is 1.57 bits per heavy atom. The summed E-state index contributed by atoms with van der Waals surface area (Å²) in [4.78, 5) is 19.5. The fraction of sp³-hybridized carbons (Fsp3) is 0. The third-order valence-electron chi connectivity index (χ3n) is 6.98. The van der Waals surface area contributed by atoms with Crippen molar-refractivity contribution in [2.24, 2.45) is 20.5 Å². The monoisotopic (exact) mass is 750 g/mol. The van der Waals surface area contributed by atoms with E-state index in [-0.39, 0.29) is 79.5 Å². The number of hydrogen-bond acceptors (Lipinski definition) is 14. The van der Waals surface area contributed by atoms with Gasteiger partial charge in [-0.3, -0.25) is 24.8 Å². The molecule has 0 amide bonds. The normalized spacial score (nSPS) is 11.3. The van der Waals surface area contributed by atoms with Gasteiger partial charge in [0.2, 0.25) is 0 Å². The molecule has 0 radical (unpaired) electrons. The van der Waals surface area contributed by atoms with Crippen LogP contribution in [0.1, 0.15) is 0 Å². The summed E-state index contributed by atoms with van der Waals surface area (Å²) in [6.45, 7) is 0. The zero-order chi connectivity index (χ0) is 36.2. The van der Waals surface area contributed by atoms with E-state index < -0.39 is 30.6 Å². The summed E-state index contributed by atoms with van der Waals surface area (Å²) < 4.78 is 32.7. The van der Waals surface area contributed by atoms with Gasteiger partial charge in [-0.25, -0.2) is 0 Å². The number of hydrogen-bond donors (Lipinski definition) is 5. The molecule has 6 aromatic rings. The number of phenols is 4. The summed E-state index contributed by atoms with van der Waals surface area (Å²) in [5.74, 6) is -1.32. The molecule has 0 aliphatic heterocycles. The van der Waals surface area contributed by atoms with E-state index >= 15 is 0 Å². The second kappa shape index (κ2) is 15.4. The van der Waals surface area contributed by atoms with Crippen LogP contribution >= 0.6 is 0 Å². The largest absolute Gasteiger partial charge is 0.506 e. The van der Waals surface area contributed by atoms with Crippen LogP contribution in [0.25, 0.3) is 21.5 Å². The predicted octanol–water partition coefficient (Wildman–Crippen LogP) is 8.39. The van der Waals surface area contributed by atoms with Crippen LogP contribution in [0, 0.1) is 20.2 Å². The number of nitro benzene ring substituents is 2. The molecular formula is C32H22CrN6O11S. The van der Waals surface area contributed by atoms with Gasteiger partial charge in [0.1, 0.15) is 44.9 Å². The molecule has 0 saturated carbocycles. The summed E-state index contributed by atoms with van der Waals surface area (Å²) in [6.07, 6.45) is 0. The van der Waals surface area contributed by atoms with Crippen molar-refractivity contribution in [3.05, 3.63) is 123 Å². The first-order valence-corrected chi connectivity index (χ1v) is 15.4. The zero-order valence-electron chi connectivity index (χ0n) is 25.5. The Balaban J connectivity index is 0.000000227. The number of fused-ring (bicyclic) bond motifs is 2. The van der Waals surface area contributed by atoms with E-state index in [9.17, 15) is 53.6 Å². The number of benzene rings is 6. The van der Waals surface area contributed by atoms with E-state index in [1.807, 2.05) is 18.2 Å². The predicted molar refractivity (Wildman–Crippen MR) is 179 cm³/mol. The molecule has 258 valence electrons. The molecule has 17 nitrogen and oxygen atoms in total. The standard InChI is InChI=1S/C16H11N3O7S.C16H11N3O4.Cr/c20-14-7-9(19(22)23)5-6-12(14)17-18-13-8-15(27(24,25)26)10-3-1-2-4-11(10)16(13)21;20-14-8-5-10-3-1-2-4-12(10)16(14)18-17-13-7-6-11(19(22)23)9-15(13)21;/h1-8,20-21H,(H,24,25,26);1-9,20-21H;. The smallest absolute Gasteiger partial charge is 0.295 e. The minimum absolute atomic E-state index is 0. The minimum Gasteiger partial charge on any atom is -0.506 e. The average molecular weight is 751 g/mol. The van der Waals surface area contributed by atoms with E-state index in [0.29, 0.717) is 5.39 Å². The van der Waals surface area contributed by atoms with Gasteiger partial charge in [0, 0.05) is 45.7 Å². The Morgan fingerprint density at radius 2 is 1.04 bits per heavy atom. The van der Waals surface area contributed by atoms with E-state index in [0.717, 1.165) is 35.7 Å². The van der Waals surface area contributed by atoms with E-state index in [1.54, 1.807) is 18.2 Å². The van der Waals surface area contributed by atoms with Crippen molar-refractivity contribution in [2.45, 2.75) is 4.90 Å². The maximum atomic E-state index is 11.6. The molecule has 0 fully saturated rings. The van der Waals surface area contributed by atoms with Gasteiger partial charge in [0.15, 0.2) is 5.75 Å². The molecule has 51 heavy (non-hydrogen) atoms. The number of nitro groups is 2. The van der Waals surface area contributed by atoms with E-state index in [4.69, 9.17) is 0 Å². The topological polar surface area (TPSA) is 271 Å². The van der Waals surface area contributed by atoms with Gasteiger partial charge in [-0.05, 0) is 29.7 Å². The third-order valence-corrected chi connectivity index (χ3v) is 7.87. The summed E-state index contributed by atoms with van der Waals surface area (Å²) in [5.41, 5.74) is -0.674. The van der Waals surface area contributed by atoms with Crippen molar-refractivity contribution in [1.82, 2.24) is 0 Å². The molecule has 0 bridgehead atoms. The van der Waals surface area contributed by atoms with Crippen LogP contribution in [0.4, 0.5) is 34.1 Å². The molecule has 19 heteroatoms. The molecule has 0 spiro atoms. The van der Waals surface area contributed by atoms with Crippen molar-refractivity contribution in [1.29, 1.82) is 0 Å². The number of azo groups is 2. The number of nitrogens with zero attached hydrogens (tertiary/aromatic N) is 6. The summed E-state index contributed by atoms with van der Waals surface area (Å²) in [6, 6.07) is 24.1. The van der Waals surface area contributed by atoms with Crippen LogP contribution in [0.15, 0.2) is 128 Å². The van der Waals surface area contributed by atoms with Gasteiger partial charge >= 0.3 is 0 Å². The number of aromatic hydroxyl groups is 4. The van der Waals surface area contributed by atoms with E-state index in [2.05, 4.69) is 20.5 Å². The molecule has 6 rings (SSSR count). The summed E-state index contributed by atoms with van der Waals surface area (Å²) in [5, 5.41) is 78.2. The third kappa shape index (κ3) is 8.38. The number of rotatable bonds is 7. The van der Waals surface area contributed by atoms with Crippen molar-refractivity contribution in [3.8, 4) is 23.0 Å². The van der Waals surface area contributed by atoms with Crippen LogP contribution in [0.5, 0.6) is 23.0 Å². The summed E-state index contributed by atoms with van der Waals surface area (Å²) in [7, 11) is -4.61. The van der Waals surface area contributed by atoms with Crippen LogP contribution < -0.4 is 0 Å². The van der Waals surface area contributed by atoms with Crippen molar-refractivity contribution < 1.29 is 60.6 Å². The maximum Gasteiger partial charge on any atom is 0.295 e. The van der Waals surface area contributed by atoms with Gasteiger partial charge in [0.25, 0.3) is 21.5 Å². The molecule has 0 saturated heterocycles. The molecule has 5 N–H and O–H groups in total. The van der Waals surface area contributed by atoms with Gasteiger partial charge in [-0.1, -0.05) is 54.6 Å². The van der Waals surface area contributed by atoms with Crippen LogP contribution in [0.2, 0.25) is 0 Å². The molecule has 0 unspecified atom stereocenters. The first-order chi connectivity index (χ1) is 23.7. The molecule has 0 heterocycles. The Labute approximate surface area is 297 Å². The molecular weight excluding hydrogens is 728 g/mol. The molecule has 6 aromatic carbocycles. The Morgan fingerprint density at radius 1 is 0.549 bits per heavy atom. The molecule has 0 aliphatic carbocycles. The first kappa shape index (κ1) is 37.3. The SMILES string of the molecule is O=[N+]([O-])c1ccc(N=Nc2c(O)ccc3ccccc23)c(O)c1.O=[N+]([O-])c1ccc(N=Nc2cc(S(=O)(=O)O)c3ccccc3c2O)c(O)c1.[Cr]. The van der Waals surface area contributed by atoms with Crippen molar-refractivity contribution in [2.75, 3.05) is 0 Å². The van der Waals surface area contributed by atoms with Crippen molar-refractivity contribution >= 4 is 65.8 Å². The van der Waals surface area contributed by atoms with Gasteiger partial charge in [-0.15, -0.1) is 20.5 Å². The van der Waals surface area contributed by atoms with Crippen molar-refractivity contribution in [3.63, 3.8) is 0 Å². The molecule has 0 aliphatic rings. The Kier molecular flexibility index (Phi) is 11.2. The number of non-ortho nitro benzene ring substituents is 2. The zero-order valence-corrected chi connectivity index (χ0v) is 27.6. The molecule has 0 aromatic heterocycles. The van der Waals surface area contributed by atoms with E-state index in [1.165, 1.54) is 36.4 Å². The van der Waals surface area contributed by atoms with Gasteiger partial charge in [-0.2, -0.15) is 8.42 Å². The average Bonchev–Trinajstić information content (AvgIpc) is 3.08. The minimum atomic E-state index is -4.61. The fourth-order valence-electron chi connectivity index (χ4n) is 4.58. The quantitative estimate of drug-likeness (QED) is 0.0447. The van der Waals surface area contributed by atoms with Crippen LogP contribution in [-0.2, 0) is 27.5 Å². The maximum absolute atomic E-state index is 11.6. The summed E-state index contributed by atoms with van der Waals surface area (Å²) >= 11 is 0. The van der Waals surface area contributed by atoms with Gasteiger partial charge < -0.3 is 20.4 Å². The second-order valence-corrected chi connectivity index (χ2v) is 11.6.